The minimum atomic E-state index is 0.574. The summed E-state index contributed by atoms with van der Waals surface area (Å²) in [6.45, 7) is 11.2. The first kappa shape index (κ1) is 10.0. The molecule has 44 valence electrons. The Labute approximate surface area is 50.0 Å². The van der Waals surface area contributed by atoms with Crippen LogP contribution < -0.4 is 0 Å². The predicted octanol–water partition coefficient (Wildman–Crippen LogP) is 1.72. The lowest BCUT2D eigenvalue weighted by molar-refractivity contribution is -0.104. The summed E-state index contributed by atoms with van der Waals surface area (Å²) in [6, 6.07) is 0. The van der Waals surface area contributed by atoms with Crippen molar-refractivity contribution in [3.8, 4) is 0 Å². The Balaban J connectivity index is 0. The molecular weight excluding hydrogens is 100 g/mol. The quantitative estimate of drug-likeness (QED) is 0.285. The van der Waals surface area contributed by atoms with Crippen LogP contribution in [0, 0.1) is 0 Å². The van der Waals surface area contributed by atoms with Gasteiger partial charge in [-0.05, 0) is 12.5 Å². The summed E-state index contributed by atoms with van der Waals surface area (Å²) in [6.07, 6.45) is 0.722. The summed E-state index contributed by atoms with van der Waals surface area (Å²) < 4.78 is 0. The molecule has 0 rings (SSSR count). The van der Waals surface area contributed by atoms with Crippen molar-refractivity contribution in [2.24, 2.45) is 0 Å². The van der Waals surface area contributed by atoms with Crippen LogP contribution in [0.4, 0.5) is 0 Å². The molecule has 0 saturated carbocycles. The maximum Gasteiger partial charge on any atom is 0.145 e. The highest BCUT2D eigenvalue weighted by Crippen LogP contribution is 1.70. The number of allylic oxidation sites excluding steroid dienone is 1. The van der Waals surface area contributed by atoms with Gasteiger partial charge >= 0.3 is 0 Å². The van der Waals surface area contributed by atoms with Crippen molar-refractivity contribution < 1.29 is 4.79 Å². The van der Waals surface area contributed by atoms with Crippen LogP contribution in [-0.4, -0.2) is 6.29 Å². The van der Waals surface area contributed by atoms with E-state index in [1.54, 1.807) is 6.92 Å². The van der Waals surface area contributed by atoms with Crippen molar-refractivity contribution in [1.82, 2.24) is 0 Å². The third-order valence-electron chi connectivity index (χ3n) is 0.201. The van der Waals surface area contributed by atoms with E-state index in [1.807, 2.05) is 0 Å². The van der Waals surface area contributed by atoms with Crippen LogP contribution in [0.3, 0.4) is 0 Å². The van der Waals surface area contributed by atoms with Crippen molar-refractivity contribution in [3.05, 3.63) is 31.0 Å². The highest BCUT2D eigenvalue weighted by atomic mass is 16.1. The third kappa shape index (κ3) is 88.0. The summed E-state index contributed by atoms with van der Waals surface area (Å²) in [4.78, 5) is 9.41. The lowest BCUT2D eigenvalue weighted by atomic mass is 10.4. The number of aldehydes is 1. The van der Waals surface area contributed by atoms with Gasteiger partial charge in [0.05, 0.1) is 0 Å². The Morgan fingerprint density at radius 1 is 1.62 bits per heavy atom. The molecule has 0 aliphatic heterocycles. The normalized spacial score (nSPS) is 5.12. The fourth-order valence-electron chi connectivity index (χ4n) is 0. The molecule has 0 amide bonds. The van der Waals surface area contributed by atoms with Crippen LogP contribution in [0.25, 0.3) is 0 Å². The number of carbonyl (C=O) groups excluding carboxylic acids is 1. The molecule has 0 aliphatic rings. The Hall–Kier alpha value is -1.07. The van der Waals surface area contributed by atoms with Crippen LogP contribution in [0.1, 0.15) is 6.92 Å². The molecule has 0 aliphatic carbocycles. The van der Waals surface area contributed by atoms with Gasteiger partial charge in [-0.15, -0.1) is 5.73 Å². The van der Waals surface area contributed by atoms with Gasteiger partial charge in [-0.2, -0.15) is 0 Å². The van der Waals surface area contributed by atoms with E-state index in [9.17, 15) is 4.79 Å². The van der Waals surface area contributed by atoms with E-state index < -0.39 is 0 Å². The van der Waals surface area contributed by atoms with Crippen LogP contribution in [0.2, 0.25) is 0 Å². The van der Waals surface area contributed by atoms with Gasteiger partial charge in [0.25, 0.3) is 0 Å². The first-order valence-corrected chi connectivity index (χ1v) is 2.09. The van der Waals surface area contributed by atoms with E-state index in [2.05, 4.69) is 25.5 Å². The molecule has 0 heterocycles. The maximum atomic E-state index is 9.41. The second-order valence-electron chi connectivity index (χ2n) is 1.21. The molecule has 1 heteroatoms. The fourth-order valence-corrected chi connectivity index (χ4v) is 0. The van der Waals surface area contributed by atoms with Gasteiger partial charge in [-0.3, -0.25) is 4.79 Å². The van der Waals surface area contributed by atoms with E-state index >= 15 is 0 Å². The summed E-state index contributed by atoms with van der Waals surface area (Å²) in [5.41, 5.74) is 2.82. The van der Waals surface area contributed by atoms with Crippen LogP contribution in [-0.2, 0) is 4.79 Å². The molecule has 0 aromatic rings. The minimum absolute atomic E-state index is 0.574. The Morgan fingerprint density at radius 2 is 1.75 bits per heavy atom. The SMILES string of the molecule is C=C(C)C=O.C=C=C. The average molecular weight is 110 g/mol. The molecule has 0 unspecified atom stereocenters. The first-order chi connectivity index (χ1) is 3.68. The number of hydrogen-bond donors (Lipinski definition) is 0. The lowest BCUT2D eigenvalue weighted by Crippen LogP contribution is -1.65. The summed E-state index contributed by atoms with van der Waals surface area (Å²) in [7, 11) is 0. The molecule has 0 aromatic carbocycles. The number of hydrogen-bond acceptors (Lipinski definition) is 1. The minimum Gasteiger partial charge on any atom is -0.298 e. The molecule has 0 atom stereocenters. The van der Waals surface area contributed by atoms with Gasteiger partial charge in [-0.25, -0.2) is 0 Å². The number of rotatable bonds is 1. The molecule has 0 spiro atoms. The zero-order valence-electron chi connectivity index (χ0n) is 5.11. The largest absolute Gasteiger partial charge is 0.298 e. The molecule has 8 heavy (non-hydrogen) atoms. The Bertz CT molecular complexity index is 106. The zero-order chi connectivity index (χ0) is 6.99. The fraction of sp³-hybridized carbons (Fsp3) is 0.143. The Morgan fingerprint density at radius 3 is 1.75 bits per heavy atom. The molecule has 0 aromatic heterocycles. The van der Waals surface area contributed by atoms with E-state index in [1.165, 1.54) is 0 Å². The van der Waals surface area contributed by atoms with E-state index in [0.717, 1.165) is 6.29 Å². The zero-order valence-corrected chi connectivity index (χ0v) is 5.11. The van der Waals surface area contributed by atoms with Crippen LogP contribution in [0.5, 0.6) is 0 Å². The van der Waals surface area contributed by atoms with Crippen molar-refractivity contribution in [3.63, 3.8) is 0 Å². The molecular formula is C7H10O. The average Bonchev–Trinajstić information content (AvgIpc) is 1.69. The monoisotopic (exact) mass is 110 g/mol. The summed E-state index contributed by atoms with van der Waals surface area (Å²) in [5.74, 6) is 0. The maximum absolute atomic E-state index is 9.41. The van der Waals surface area contributed by atoms with Crippen molar-refractivity contribution >= 4 is 6.29 Å². The molecule has 1 nitrogen and oxygen atoms in total. The van der Waals surface area contributed by atoms with Gasteiger partial charge in [0.15, 0.2) is 0 Å². The molecule has 0 fully saturated rings. The van der Waals surface area contributed by atoms with Gasteiger partial charge < -0.3 is 0 Å². The van der Waals surface area contributed by atoms with E-state index in [0.29, 0.717) is 5.57 Å². The summed E-state index contributed by atoms with van der Waals surface area (Å²) >= 11 is 0. The smallest absolute Gasteiger partial charge is 0.145 e. The molecule has 0 saturated heterocycles. The first-order valence-electron chi connectivity index (χ1n) is 2.09. The van der Waals surface area contributed by atoms with Crippen LogP contribution in [0.15, 0.2) is 31.0 Å². The lowest BCUT2D eigenvalue weighted by Gasteiger charge is -1.65. The number of carbonyl (C=O) groups is 1. The second-order valence-corrected chi connectivity index (χ2v) is 1.21. The van der Waals surface area contributed by atoms with E-state index in [-0.39, 0.29) is 0 Å². The van der Waals surface area contributed by atoms with Gasteiger partial charge in [0.1, 0.15) is 6.29 Å². The van der Waals surface area contributed by atoms with Crippen molar-refractivity contribution in [2.45, 2.75) is 6.92 Å². The van der Waals surface area contributed by atoms with Crippen molar-refractivity contribution in [1.29, 1.82) is 0 Å². The van der Waals surface area contributed by atoms with Crippen LogP contribution >= 0.6 is 0 Å². The van der Waals surface area contributed by atoms with Gasteiger partial charge in [-0.1, -0.05) is 19.7 Å². The standard InChI is InChI=1S/C4H6O.C3H4/c1-4(2)3-5;1-3-2/h3H,1H2,2H3;1-2H2. The highest BCUT2D eigenvalue weighted by Gasteiger charge is 1.66. The topological polar surface area (TPSA) is 17.1 Å². The highest BCUT2D eigenvalue weighted by molar-refractivity contribution is 5.70. The van der Waals surface area contributed by atoms with Crippen molar-refractivity contribution in [2.75, 3.05) is 0 Å². The molecule has 0 N–H and O–H groups in total. The van der Waals surface area contributed by atoms with E-state index in [4.69, 9.17) is 0 Å². The molecule has 0 radical (unpaired) electrons. The van der Waals surface area contributed by atoms with Gasteiger partial charge in [0, 0.05) is 0 Å². The second kappa shape index (κ2) is 9.33. The third-order valence-corrected chi connectivity index (χ3v) is 0.201. The van der Waals surface area contributed by atoms with Gasteiger partial charge in [0.2, 0.25) is 0 Å². The molecule has 0 bridgehead atoms. The Kier molecular flexibility index (Phi) is 11.7. The predicted molar refractivity (Wildman–Crippen MR) is 35.6 cm³/mol. The summed E-state index contributed by atoms with van der Waals surface area (Å²) in [5, 5.41) is 0.